The molecule has 0 saturated carbocycles. The van der Waals surface area contributed by atoms with E-state index in [0.717, 1.165) is 10.6 Å². The van der Waals surface area contributed by atoms with Crippen molar-refractivity contribution in [3.63, 3.8) is 0 Å². The number of imidazole rings is 1. The standard InChI is InChI=1S/C15H16N4O2S/c1-16-15(21)13-9-18(8-11-7-17-10-19(11)13)14(20)5-4-12-3-2-6-22-12/h2-7,10,13H,8-9H2,1H3,(H,16,21)/b5-4+. The molecule has 1 aliphatic rings. The van der Waals surface area contributed by atoms with Crippen LogP contribution in [0.5, 0.6) is 0 Å². The fourth-order valence-corrected chi connectivity index (χ4v) is 3.10. The lowest BCUT2D eigenvalue weighted by Gasteiger charge is -2.32. The van der Waals surface area contributed by atoms with Gasteiger partial charge < -0.3 is 14.8 Å². The number of aromatic nitrogens is 2. The maximum absolute atomic E-state index is 12.4. The number of fused-ring (bicyclic) bond motifs is 1. The van der Waals surface area contributed by atoms with Crippen LogP contribution in [-0.4, -0.2) is 39.9 Å². The predicted octanol–water partition coefficient (Wildman–Crippen LogP) is 1.29. The van der Waals surface area contributed by atoms with Gasteiger partial charge in [-0.3, -0.25) is 9.59 Å². The van der Waals surface area contributed by atoms with Gasteiger partial charge in [-0.1, -0.05) is 6.07 Å². The first-order valence-corrected chi connectivity index (χ1v) is 7.80. The molecule has 22 heavy (non-hydrogen) atoms. The number of likely N-dealkylation sites (N-methyl/N-ethyl adjacent to an activating group) is 1. The van der Waals surface area contributed by atoms with Crippen molar-refractivity contribution in [1.82, 2.24) is 19.8 Å². The summed E-state index contributed by atoms with van der Waals surface area (Å²) in [6, 6.07) is 3.46. The van der Waals surface area contributed by atoms with E-state index in [0.29, 0.717) is 13.1 Å². The van der Waals surface area contributed by atoms with Crippen molar-refractivity contribution in [1.29, 1.82) is 0 Å². The molecule has 2 aromatic heterocycles. The van der Waals surface area contributed by atoms with E-state index in [1.807, 2.05) is 22.1 Å². The fourth-order valence-electron chi connectivity index (χ4n) is 2.48. The molecule has 3 heterocycles. The topological polar surface area (TPSA) is 67.2 Å². The van der Waals surface area contributed by atoms with E-state index in [2.05, 4.69) is 10.3 Å². The molecule has 1 unspecified atom stereocenters. The number of hydrogen-bond acceptors (Lipinski definition) is 4. The van der Waals surface area contributed by atoms with E-state index in [9.17, 15) is 9.59 Å². The summed E-state index contributed by atoms with van der Waals surface area (Å²) >= 11 is 1.57. The molecule has 0 aliphatic carbocycles. The van der Waals surface area contributed by atoms with Gasteiger partial charge in [0, 0.05) is 24.2 Å². The molecule has 0 bridgehead atoms. The monoisotopic (exact) mass is 316 g/mol. The lowest BCUT2D eigenvalue weighted by molar-refractivity contribution is -0.131. The zero-order valence-corrected chi connectivity index (χ0v) is 12.9. The first-order valence-electron chi connectivity index (χ1n) is 6.92. The largest absolute Gasteiger partial charge is 0.357 e. The Hall–Kier alpha value is -2.41. The molecule has 1 N–H and O–H groups in total. The van der Waals surface area contributed by atoms with E-state index in [-0.39, 0.29) is 11.8 Å². The van der Waals surface area contributed by atoms with Crippen LogP contribution in [0, 0.1) is 0 Å². The highest BCUT2D eigenvalue weighted by Crippen LogP contribution is 2.21. The SMILES string of the molecule is CNC(=O)C1CN(C(=O)/C=C/c2cccs2)Cc2cncn21. The zero-order chi connectivity index (χ0) is 15.5. The molecule has 3 rings (SSSR count). The second-order valence-electron chi connectivity index (χ2n) is 4.99. The summed E-state index contributed by atoms with van der Waals surface area (Å²) in [7, 11) is 1.59. The van der Waals surface area contributed by atoms with Gasteiger partial charge in [0.15, 0.2) is 0 Å². The number of hydrogen-bond donors (Lipinski definition) is 1. The molecule has 6 nitrogen and oxygen atoms in total. The van der Waals surface area contributed by atoms with Crippen LogP contribution >= 0.6 is 11.3 Å². The summed E-state index contributed by atoms with van der Waals surface area (Å²) in [4.78, 5) is 31.2. The Morgan fingerprint density at radius 3 is 3.09 bits per heavy atom. The molecule has 2 amide bonds. The van der Waals surface area contributed by atoms with Crippen LogP contribution in [0.1, 0.15) is 16.6 Å². The van der Waals surface area contributed by atoms with Crippen molar-refractivity contribution in [2.45, 2.75) is 12.6 Å². The van der Waals surface area contributed by atoms with E-state index < -0.39 is 6.04 Å². The lowest BCUT2D eigenvalue weighted by Crippen LogP contribution is -2.45. The number of carbonyl (C=O) groups is 2. The van der Waals surface area contributed by atoms with E-state index in [4.69, 9.17) is 0 Å². The lowest BCUT2D eigenvalue weighted by atomic mass is 10.1. The van der Waals surface area contributed by atoms with Crippen molar-refractivity contribution in [2.24, 2.45) is 0 Å². The van der Waals surface area contributed by atoms with Crippen molar-refractivity contribution in [3.05, 3.63) is 46.7 Å². The molecule has 0 saturated heterocycles. The highest BCUT2D eigenvalue weighted by Gasteiger charge is 2.31. The van der Waals surface area contributed by atoms with Gasteiger partial charge in [-0.15, -0.1) is 11.3 Å². The quantitative estimate of drug-likeness (QED) is 0.868. The first kappa shape index (κ1) is 14.5. The molecule has 2 aromatic rings. The number of carbonyl (C=O) groups excluding carboxylic acids is 2. The van der Waals surface area contributed by atoms with Gasteiger partial charge in [0.1, 0.15) is 6.04 Å². The first-order chi connectivity index (χ1) is 10.7. The van der Waals surface area contributed by atoms with E-state index in [1.54, 1.807) is 48.0 Å². The average Bonchev–Trinajstić information content (AvgIpc) is 3.21. The molecule has 0 radical (unpaired) electrons. The van der Waals surface area contributed by atoms with E-state index >= 15 is 0 Å². The number of nitrogens with zero attached hydrogens (tertiary/aromatic N) is 3. The normalized spacial score (nSPS) is 17.5. The highest BCUT2D eigenvalue weighted by atomic mass is 32.1. The van der Waals surface area contributed by atoms with Crippen LogP contribution in [0.4, 0.5) is 0 Å². The van der Waals surface area contributed by atoms with Gasteiger partial charge >= 0.3 is 0 Å². The fraction of sp³-hybridized carbons (Fsp3) is 0.267. The summed E-state index contributed by atoms with van der Waals surface area (Å²) in [6.45, 7) is 0.803. The number of amides is 2. The second kappa shape index (κ2) is 6.15. The van der Waals surface area contributed by atoms with E-state index in [1.165, 1.54) is 0 Å². The molecule has 7 heteroatoms. The van der Waals surface area contributed by atoms with Gasteiger partial charge in [-0.05, 0) is 17.5 Å². The molecule has 1 atom stereocenters. The molecular formula is C15H16N4O2S. The van der Waals surface area contributed by atoms with Crippen molar-refractivity contribution in [2.75, 3.05) is 13.6 Å². The van der Waals surface area contributed by atoms with Crippen LogP contribution < -0.4 is 5.32 Å². The number of nitrogens with one attached hydrogen (secondary N) is 1. The third-order valence-electron chi connectivity index (χ3n) is 3.62. The van der Waals surface area contributed by atoms with Gasteiger partial charge in [-0.2, -0.15) is 0 Å². The van der Waals surface area contributed by atoms with Gasteiger partial charge in [-0.25, -0.2) is 4.98 Å². The van der Waals surface area contributed by atoms with Crippen molar-refractivity contribution in [3.8, 4) is 0 Å². The Balaban J connectivity index is 1.78. The smallest absolute Gasteiger partial charge is 0.247 e. The third kappa shape index (κ3) is 2.80. The Labute approximate surface area is 132 Å². The minimum Gasteiger partial charge on any atom is -0.357 e. The Morgan fingerprint density at radius 1 is 1.50 bits per heavy atom. The minimum absolute atomic E-state index is 0.102. The van der Waals surface area contributed by atoms with Gasteiger partial charge in [0.2, 0.25) is 11.8 Å². The summed E-state index contributed by atoms with van der Waals surface area (Å²) in [6.07, 6.45) is 6.68. The van der Waals surface area contributed by atoms with Crippen molar-refractivity contribution >= 4 is 29.2 Å². The van der Waals surface area contributed by atoms with Crippen LogP contribution in [-0.2, 0) is 16.1 Å². The van der Waals surface area contributed by atoms with Gasteiger partial charge in [0.25, 0.3) is 0 Å². The summed E-state index contributed by atoms with van der Waals surface area (Å²) < 4.78 is 1.82. The molecule has 1 aliphatic heterocycles. The Bertz CT molecular complexity index is 705. The molecule has 0 aromatic carbocycles. The maximum Gasteiger partial charge on any atom is 0.247 e. The summed E-state index contributed by atoms with van der Waals surface area (Å²) in [5, 5.41) is 4.60. The summed E-state index contributed by atoms with van der Waals surface area (Å²) in [5.74, 6) is -0.228. The van der Waals surface area contributed by atoms with Crippen LogP contribution in [0.15, 0.2) is 36.1 Å². The van der Waals surface area contributed by atoms with Crippen LogP contribution in [0.2, 0.25) is 0 Å². The predicted molar refractivity (Wildman–Crippen MR) is 84.1 cm³/mol. The Kier molecular flexibility index (Phi) is 4.06. The van der Waals surface area contributed by atoms with Crippen LogP contribution in [0.3, 0.4) is 0 Å². The molecule has 0 spiro atoms. The third-order valence-corrected chi connectivity index (χ3v) is 4.46. The highest BCUT2D eigenvalue weighted by molar-refractivity contribution is 7.10. The molecular weight excluding hydrogens is 300 g/mol. The van der Waals surface area contributed by atoms with Crippen LogP contribution in [0.25, 0.3) is 6.08 Å². The summed E-state index contributed by atoms with van der Waals surface area (Å²) in [5.41, 5.74) is 0.859. The number of thiophene rings is 1. The average molecular weight is 316 g/mol. The van der Waals surface area contributed by atoms with Crippen molar-refractivity contribution < 1.29 is 9.59 Å². The molecule has 114 valence electrons. The minimum atomic E-state index is -0.435. The zero-order valence-electron chi connectivity index (χ0n) is 12.1. The number of rotatable bonds is 3. The Morgan fingerprint density at radius 2 is 2.36 bits per heavy atom. The maximum atomic E-state index is 12.4. The van der Waals surface area contributed by atoms with Gasteiger partial charge in [0.05, 0.1) is 25.1 Å². The molecule has 0 fully saturated rings. The second-order valence-corrected chi connectivity index (χ2v) is 5.97.